The Kier molecular flexibility index (Phi) is 4.15. The molecule has 0 heterocycles. The Balaban J connectivity index is 2.71. The third-order valence-corrected chi connectivity index (χ3v) is 1.90. The van der Waals surface area contributed by atoms with E-state index in [1.54, 1.807) is 6.41 Å². The lowest BCUT2D eigenvalue weighted by atomic mass is 10.1. The van der Waals surface area contributed by atoms with Crippen molar-refractivity contribution >= 4 is 12.4 Å². The number of urea groups is 1. The van der Waals surface area contributed by atoms with Crippen LogP contribution in [0.3, 0.4) is 0 Å². The van der Waals surface area contributed by atoms with E-state index in [2.05, 4.69) is 10.6 Å². The molecule has 0 aliphatic heterocycles. The van der Waals surface area contributed by atoms with E-state index in [-0.39, 0.29) is 12.6 Å². The van der Waals surface area contributed by atoms with Crippen molar-refractivity contribution in [3.05, 3.63) is 35.9 Å². The molecule has 5 nitrogen and oxygen atoms in total. The van der Waals surface area contributed by atoms with Crippen LogP contribution in [0.25, 0.3) is 0 Å². The molecule has 1 atom stereocenters. The first-order chi connectivity index (χ1) is 7.24. The fourth-order valence-corrected chi connectivity index (χ4v) is 1.25. The Hall–Kier alpha value is -2.04. The zero-order valence-corrected chi connectivity index (χ0v) is 8.07. The lowest BCUT2D eigenvalue weighted by Gasteiger charge is -2.16. The molecule has 0 spiro atoms. The summed E-state index contributed by atoms with van der Waals surface area (Å²) in [5, 5.41) is 4.90. The normalized spacial score (nSPS) is 11.5. The van der Waals surface area contributed by atoms with Crippen molar-refractivity contribution in [3.8, 4) is 0 Å². The molecule has 1 aromatic carbocycles. The molecule has 0 aliphatic carbocycles. The number of rotatable bonds is 5. The number of carbonyl (C=O) groups is 1. The van der Waals surface area contributed by atoms with Gasteiger partial charge < -0.3 is 16.4 Å². The number of carbonyl (C=O) groups excluding carboxylic acids is 2. The number of nitrogens with two attached hydrogens (primary N) is 1. The van der Waals surface area contributed by atoms with Crippen molar-refractivity contribution in [3.63, 3.8) is 0 Å². The standard InChI is InChI=1S/C10H12N3O2/c11-10(15)13-9(6-12-7-14)8-4-2-1-3-5-8/h1-5,9H,6H2,(H,12,14)(H3,11,13,15). The predicted octanol–water partition coefficient (Wildman–Crippen LogP) is 0.0528. The molecule has 1 radical (unpaired) electrons. The highest BCUT2D eigenvalue weighted by Gasteiger charge is 2.11. The summed E-state index contributed by atoms with van der Waals surface area (Å²) in [6.07, 6.45) is 1.55. The molecule has 0 saturated heterocycles. The second-order valence-corrected chi connectivity index (χ2v) is 2.95. The number of benzene rings is 1. The largest absolute Gasteiger partial charge is 0.352 e. The van der Waals surface area contributed by atoms with Crippen LogP contribution >= 0.6 is 0 Å². The van der Waals surface area contributed by atoms with Gasteiger partial charge in [0.05, 0.1) is 6.04 Å². The van der Waals surface area contributed by atoms with Gasteiger partial charge >= 0.3 is 12.4 Å². The van der Waals surface area contributed by atoms with Gasteiger partial charge in [-0.1, -0.05) is 30.3 Å². The van der Waals surface area contributed by atoms with Crippen molar-refractivity contribution < 1.29 is 9.59 Å². The molecule has 79 valence electrons. The average molecular weight is 206 g/mol. The van der Waals surface area contributed by atoms with Crippen LogP contribution in [0, 0.1) is 0 Å². The van der Waals surface area contributed by atoms with E-state index in [0.717, 1.165) is 5.56 Å². The van der Waals surface area contributed by atoms with Crippen LogP contribution in [0.4, 0.5) is 4.79 Å². The third kappa shape index (κ3) is 3.68. The highest BCUT2D eigenvalue weighted by atomic mass is 16.2. The van der Waals surface area contributed by atoms with Gasteiger partial charge in [-0.15, -0.1) is 0 Å². The molecular formula is C10H12N3O2. The molecule has 0 aromatic heterocycles. The zero-order chi connectivity index (χ0) is 11.1. The lowest BCUT2D eigenvalue weighted by molar-refractivity contribution is 0.245. The molecule has 5 heteroatoms. The quantitative estimate of drug-likeness (QED) is 0.595. The summed E-state index contributed by atoms with van der Waals surface area (Å²) in [6, 6.07) is 8.27. The second-order valence-electron chi connectivity index (χ2n) is 2.95. The molecule has 0 aliphatic rings. The summed E-state index contributed by atoms with van der Waals surface area (Å²) in [5.74, 6) is 0. The monoisotopic (exact) mass is 206 g/mol. The van der Waals surface area contributed by atoms with Crippen LogP contribution in [0.5, 0.6) is 0 Å². The molecule has 1 unspecified atom stereocenters. The van der Waals surface area contributed by atoms with Crippen LogP contribution in [0.15, 0.2) is 30.3 Å². The highest BCUT2D eigenvalue weighted by Crippen LogP contribution is 2.10. The first-order valence-corrected chi connectivity index (χ1v) is 4.45. The summed E-state index contributed by atoms with van der Waals surface area (Å²) in [5.41, 5.74) is 5.90. The molecule has 1 aromatic rings. The first-order valence-electron chi connectivity index (χ1n) is 4.45. The summed E-state index contributed by atoms with van der Waals surface area (Å²) >= 11 is 0. The van der Waals surface area contributed by atoms with E-state index in [1.807, 2.05) is 30.3 Å². The van der Waals surface area contributed by atoms with Crippen LogP contribution < -0.4 is 16.4 Å². The van der Waals surface area contributed by atoms with E-state index >= 15 is 0 Å². The lowest BCUT2D eigenvalue weighted by Crippen LogP contribution is -2.38. The van der Waals surface area contributed by atoms with Gasteiger partial charge in [0, 0.05) is 6.54 Å². The van der Waals surface area contributed by atoms with E-state index in [1.165, 1.54) is 0 Å². The van der Waals surface area contributed by atoms with Gasteiger partial charge in [-0.3, -0.25) is 4.79 Å². The highest BCUT2D eigenvalue weighted by molar-refractivity contribution is 5.72. The molecule has 0 bridgehead atoms. The zero-order valence-electron chi connectivity index (χ0n) is 8.07. The minimum atomic E-state index is -0.628. The summed E-state index contributed by atoms with van der Waals surface area (Å²) < 4.78 is 0. The van der Waals surface area contributed by atoms with Crippen molar-refractivity contribution in [2.24, 2.45) is 5.73 Å². The van der Waals surface area contributed by atoms with Gasteiger partial charge in [-0.05, 0) is 5.56 Å². The van der Waals surface area contributed by atoms with Crippen LogP contribution in [-0.2, 0) is 4.79 Å². The fraction of sp³-hybridized carbons (Fsp3) is 0.200. The van der Waals surface area contributed by atoms with Gasteiger partial charge in [-0.25, -0.2) is 4.79 Å². The second kappa shape index (κ2) is 5.64. The Morgan fingerprint density at radius 3 is 2.60 bits per heavy atom. The van der Waals surface area contributed by atoms with Gasteiger partial charge in [0.2, 0.25) is 0 Å². The number of hydrogen-bond donors (Lipinski definition) is 3. The molecule has 1 rings (SSSR count). The van der Waals surface area contributed by atoms with Crippen molar-refractivity contribution in [1.82, 2.24) is 10.6 Å². The van der Waals surface area contributed by atoms with E-state index in [0.29, 0.717) is 0 Å². The molecule has 0 fully saturated rings. The van der Waals surface area contributed by atoms with Crippen LogP contribution in [0.1, 0.15) is 11.6 Å². The maximum atomic E-state index is 10.7. The number of amides is 3. The summed E-state index contributed by atoms with van der Waals surface area (Å²) in [6.45, 7) is 0.260. The smallest absolute Gasteiger partial charge is 0.312 e. The number of hydrogen-bond acceptors (Lipinski definition) is 2. The van der Waals surface area contributed by atoms with E-state index in [9.17, 15) is 9.59 Å². The Labute approximate surface area is 87.7 Å². The Morgan fingerprint density at radius 1 is 1.40 bits per heavy atom. The fourth-order valence-electron chi connectivity index (χ4n) is 1.25. The molecular weight excluding hydrogens is 194 g/mol. The molecule has 15 heavy (non-hydrogen) atoms. The first kappa shape index (κ1) is 11.0. The minimum Gasteiger partial charge on any atom is -0.352 e. The summed E-state index contributed by atoms with van der Waals surface area (Å²) in [4.78, 5) is 20.8. The maximum absolute atomic E-state index is 10.7. The third-order valence-electron chi connectivity index (χ3n) is 1.90. The average Bonchev–Trinajstić information content (AvgIpc) is 2.25. The molecule has 3 amide bonds. The molecule has 4 N–H and O–H groups in total. The maximum Gasteiger partial charge on any atom is 0.312 e. The van der Waals surface area contributed by atoms with Gasteiger partial charge in [0.25, 0.3) is 0 Å². The van der Waals surface area contributed by atoms with Crippen molar-refractivity contribution in [2.75, 3.05) is 6.54 Å². The van der Waals surface area contributed by atoms with Crippen LogP contribution in [0.2, 0.25) is 0 Å². The predicted molar refractivity (Wildman–Crippen MR) is 55.6 cm³/mol. The number of nitrogens with one attached hydrogen (secondary N) is 2. The van der Waals surface area contributed by atoms with Gasteiger partial charge in [0.15, 0.2) is 0 Å². The minimum absolute atomic E-state index is 0.260. The van der Waals surface area contributed by atoms with Crippen molar-refractivity contribution in [2.45, 2.75) is 6.04 Å². The van der Waals surface area contributed by atoms with Gasteiger partial charge in [0.1, 0.15) is 0 Å². The molecule has 0 saturated carbocycles. The Bertz CT molecular complexity index is 327. The number of primary amides is 1. The topological polar surface area (TPSA) is 84.2 Å². The van der Waals surface area contributed by atoms with Gasteiger partial charge in [-0.2, -0.15) is 0 Å². The summed E-state index contributed by atoms with van der Waals surface area (Å²) in [7, 11) is 0. The van der Waals surface area contributed by atoms with E-state index < -0.39 is 6.03 Å². The van der Waals surface area contributed by atoms with E-state index in [4.69, 9.17) is 5.73 Å². The SMILES string of the molecule is NC(=O)NC(CN[C]=O)c1ccccc1. The van der Waals surface area contributed by atoms with Crippen LogP contribution in [-0.4, -0.2) is 19.0 Å². The van der Waals surface area contributed by atoms with Crippen molar-refractivity contribution in [1.29, 1.82) is 0 Å². The Morgan fingerprint density at radius 2 is 2.07 bits per heavy atom.